The second-order valence-corrected chi connectivity index (χ2v) is 7.23. The van der Waals surface area contributed by atoms with Crippen LogP contribution in [0.4, 0.5) is 10.1 Å². The molecular formula is C21H22FN3O3. The van der Waals surface area contributed by atoms with E-state index in [-0.39, 0.29) is 17.6 Å². The van der Waals surface area contributed by atoms with Crippen LogP contribution in [0.2, 0.25) is 0 Å². The smallest absolute Gasteiger partial charge is 0.255 e. The van der Waals surface area contributed by atoms with Gasteiger partial charge in [-0.3, -0.25) is 9.59 Å². The van der Waals surface area contributed by atoms with Crippen molar-refractivity contribution in [1.29, 1.82) is 0 Å². The third kappa shape index (κ3) is 2.96. The Balaban J connectivity index is 1.53. The van der Waals surface area contributed by atoms with Crippen molar-refractivity contribution < 1.29 is 18.7 Å². The number of methoxy groups -OCH3 is 1. The highest BCUT2D eigenvalue weighted by Crippen LogP contribution is 2.36. The number of hydrogen-bond donors (Lipinski definition) is 1. The molecule has 2 amide bonds. The molecule has 2 aliphatic heterocycles. The summed E-state index contributed by atoms with van der Waals surface area (Å²) in [4.78, 5) is 29.1. The predicted molar refractivity (Wildman–Crippen MR) is 103 cm³/mol. The lowest BCUT2D eigenvalue weighted by Crippen LogP contribution is -2.67. The number of ether oxygens (including phenoxy) is 1. The Morgan fingerprint density at radius 1 is 1.18 bits per heavy atom. The summed E-state index contributed by atoms with van der Waals surface area (Å²) >= 11 is 0. The van der Waals surface area contributed by atoms with E-state index in [4.69, 9.17) is 4.74 Å². The Morgan fingerprint density at radius 2 is 1.93 bits per heavy atom. The maximum absolute atomic E-state index is 13.7. The number of benzene rings is 2. The normalized spacial score (nSPS) is 17.9. The van der Waals surface area contributed by atoms with Gasteiger partial charge in [0.2, 0.25) is 0 Å². The minimum Gasteiger partial charge on any atom is -0.497 e. The monoisotopic (exact) mass is 383 g/mol. The summed E-state index contributed by atoms with van der Waals surface area (Å²) in [5.74, 6) is -0.0102. The van der Waals surface area contributed by atoms with Crippen LogP contribution in [0, 0.1) is 5.82 Å². The number of rotatable bonds is 2. The number of carbonyl (C=O) groups is 2. The van der Waals surface area contributed by atoms with Gasteiger partial charge >= 0.3 is 0 Å². The molecule has 0 saturated carbocycles. The van der Waals surface area contributed by atoms with E-state index in [2.05, 4.69) is 5.32 Å². The zero-order valence-corrected chi connectivity index (χ0v) is 15.9. The molecule has 0 radical (unpaired) electrons. The number of hydrogen-bond acceptors (Lipinski definition) is 4. The molecular weight excluding hydrogens is 361 g/mol. The Labute approximate surface area is 162 Å². The summed E-state index contributed by atoms with van der Waals surface area (Å²) in [6.45, 7) is 0.983. The zero-order valence-electron chi connectivity index (χ0n) is 15.9. The van der Waals surface area contributed by atoms with Crippen molar-refractivity contribution in [3.63, 3.8) is 0 Å². The van der Waals surface area contributed by atoms with Gasteiger partial charge in [0.15, 0.2) is 0 Å². The van der Waals surface area contributed by atoms with Gasteiger partial charge in [0.1, 0.15) is 17.2 Å². The zero-order chi connectivity index (χ0) is 19.9. The molecule has 28 heavy (non-hydrogen) atoms. The summed E-state index contributed by atoms with van der Waals surface area (Å²) in [5.41, 5.74) is 0.993. The Morgan fingerprint density at radius 3 is 2.64 bits per heavy atom. The fourth-order valence-corrected chi connectivity index (χ4v) is 4.05. The lowest BCUT2D eigenvalue weighted by Gasteiger charge is -2.51. The van der Waals surface area contributed by atoms with E-state index < -0.39 is 5.66 Å². The van der Waals surface area contributed by atoms with Crippen LogP contribution in [0.25, 0.3) is 0 Å². The van der Waals surface area contributed by atoms with Crippen molar-refractivity contribution in [3.8, 4) is 5.75 Å². The van der Waals surface area contributed by atoms with Gasteiger partial charge in [-0.15, -0.1) is 0 Å². The number of anilines is 1. The first kappa shape index (κ1) is 18.3. The number of carbonyl (C=O) groups excluding carboxylic acids is 2. The topological polar surface area (TPSA) is 61.9 Å². The van der Waals surface area contributed by atoms with Crippen molar-refractivity contribution in [2.24, 2.45) is 0 Å². The molecule has 4 rings (SSSR count). The number of likely N-dealkylation sites (tertiary alicyclic amines) is 1. The van der Waals surface area contributed by atoms with Gasteiger partial charge in [0.05, 0.1) is 18.4 Å². The van der Waals surface area contributed by atoms with E-state index in [1.165, 1.54) is 18.2 Å². The van der Waals surface area contributed by atoms with E-state index in [9.17, 15) is 14.0 Å². The molecule has 2 aliphatic rings. The molecule has 2 heterocycles. The number of nitrogens with zero attached hydrogens (tertiary/aromatic N) is 2. The lowest BCUT2D eigenvalue weighted by molar-refractivity contribution is 0.0608. The Hall–Kier alpha value is -3.09. The average molecular weight is 383 g/mol. The van der Waals surface area contributed by atoms with Gasteiger partial charge in [-0.05, 0) is 36.4 Å². The third-order valence-corrected chi connectivity index (χ3v) is 5.75. The van der Waals surface area contributed by atoms with Crippen molar-refractivity contribution in [2.45, 2.75) is 18.5 Å². The number of amides is 2. The van der Waals surface area contributed by atoms with Crippen LogP contribution in [0.15, 0.2) is 42.5 Å². The summed E-state index contributed by atoms with van der Waals surface area (Å²) < 4.78 is 18.9. The predicted octanol–water partition coefficient (Wildman–Crippen LogP) is 2.65. The van der Waals surface area contributed by atoms with Gasteiger partial charge in [-0.2, -0.15) is 0 Å². The molecule has 6 nitrogen and oxygen atoms in total. The number of halogens is 1. The average Bonchev–Trinajstić information content (AvgIpc) is 2.72. The standard InChI is InChI=1S/C21H22FN3O3/c1-24-18-13-15(22)6-7-17(18)19(26)23-21(24)8-10-25(11-9-21)20(27)14-4-3-5-16(12-14)28-2/h3-7,12-13H,8-11H2,1-2H3,(H,23,26). The van der Waals surface area contributed by atoms with Gasteiger partial charge in [-0.1, -0.05) is 6.07 Å². The molecule has 1 spiro atoms. The van der Waals surface area contributed by atoms with Crippen molar-refractivity contribution in [1.82, 2.24) is 10.2 Å². The molecule has 0 atom stereocenters. The first-order chi connectivity index (χ1) is 13.4. The lowest BCUT2D eigenvalue weighted by atomic mass is 9.90. The molecule has 1 fully saturated rings. The minimum atomic E-state index is -0.622. The van der Waals surface area contributed by atoms with E-state index in [0.717, 1.165) is 0 Å². The molecule has 7 heteroatoms. The fourth-order valence-electron chi connectivity index (χ4n) is 4.05. The van der Waals surface area contributed by atoms with Gasteiger partial charge in [-0.25, -0.2) is 4.39 Å². The molecule has 1 N–H and O–H groups in total. The molecule has 2 aromatic carbocycles. The quantitative estimate of drug-likeness (QED) is 0.866. The molecule has 0 aliphatic carbocycles. The van der Waals surface area contributed by atoms with E-state index in [1.807, 2.05) is 11.9 Å². The van der Waals surface area contributed by atoms with E-state index in [1.54, 1.807) is 36.3 Å². The van der Waals surface area contributed by atoms with Gasteiger partial charge in [0, 0.05) is 38.5 Å². The first-order valence-electron chi connectivity index (χ1n) is 9.23. The van der Waals surface area contributed by atoms with Crippen LogP contribution in [-0.2, 0) is 0 Å². The number of fused-ring (bicyclic) bond motifs is 1. The third-order valence-electron chi connectivity index (χ3n) is 5.75. The highest BCUT2D eigenvalue weighted by Gasteiger charge is 2.45. The Bertz CT molecular complexity index is 938. The number of nitrogens with one attached hydrogen (secondary N) is 1. The molecule has 146 valence electrons. The highest BCUT2D eigenvalue weighted by molar-refractivity contribution is 6.02. The molecule has 0 bridgehead atoms. The van der Waals surface area contributed by atoms with Crippen LogP contribution in [0.5, 0.6) is 5.75 Å². The van der Waals surface area contributed by atoms with Crippen molar-refractivity contribution in [3.05, 3.63) is 59.4 Å². The Kier molecular flexibility index (Phi) is 4.45. The maximum Gasteiger partial charge on any atom is 0.255 e. The second kappa shape index (κ2) is 6.82. The fraction of sp³-hybridized carbons (Fsp3) is 0.333. The largest absolute Gasteiger partial charge is 0.497 e. The number of piperidine rings is 1. The summed E-state index contributed by atoms with van der Waals surface area (Å²) in [5, 5.41) is 3.08. The molecule has 2 aromatic rings. The SMILES string of the molecule is COc1cccc(C(=O)N2CCC3(CC2)NC(=O)c2ccc(F)cc2N3C)c1. The summed E-state index contributed by atoms with van der Waals surface area (Å²) in [6.07, 6.45) is 1.11. The second-order valence-electron chi connectivity index (χ2n) is 7.23. The highest BCUT2D eigenvalue weighted by atomic mass is 19.1. The molecule has 1 saturated heterocycles. The van der Waals surface area contributed by atoms with Crippen molar-refractivity contribution >= 4 is 17.5 Å². The van der Waals surface area contributed by atoms with Gasteiger partial charge < -0.3 is 19.9 Å². The van der Waals surface area contributed by atoms with Crippen LogP contribution in [0.3, 0.4) is 0 Å². The van der Waals surface area contributed by atoms with Crippen LogP contribution in [0.1, 0.15) is 33.6 Å². The van der Waals surface area contributed by atoms with E-state index in [0.29, 0.717) is 48.5 Å². The minimum absolute atomic E-state index is 0.0648. The van der Waals surface area contributed by atoms with Crippen LogP contribution >= 0.6 is 0 Å². The van der Waals surface area contributed by atoms with Crippen molar-refractivity contribution in [2.75, 3.05) is 32.1 Å². The maximum atomic E-state index is 13.7. The van der Waals surface area contributed by atoms with Crippen LogP contribution < -0.4 is 15.0 Å². The summed E-state index contributed by atoms with van der Waals surface area (Å²) in [7, 11) is 3.42. The van der Waals surface area contributed by atoms with E-state index >= 15 is 0 Å². The first-order valence-corrected chi connectivity index (χ1v) is 9.23. The molecule has 0 unspecified atom stereocenters. The molecule has 0 aromatic heterocycles. The van der Waals surface area contributed by atoms with Gasteiger partial charge in [0.25, 0.3) is 11.8 Å². The van der Waals surface area contributed by atoms with Crippen LogP contribution in [-0.4, -0.2) is 49.6 Å². The summed E-state index contributed by atoms with van der Waals surface area (Å²) in [6, 6.07) is 11.3.